The number of hydrogen-bond donors (Lipinski definition) is 1. The average molecular weight is 304 g/mol. The van der Waals surface area contributed by atoms with Gasteiger partial charge in [-0.05, 0) is 32.3 Å². The van der Waals surface area contributed by atoms with Crippen LogP contribution in [-0.4, -0.2) is 29.3 Å². The van der Waals surface area contributed by atoms with E-state index in [9.17, 15) is 9.59 Å². The fourth-order valence-corrected chi connectivity index (χ4v) is 2.46. The molecule has 0 heterocycles. The van der Waals surface area contributed by atoms with Gasteiger partial charge in [-0.2, -0.15) is 0 Å². The first kappa shape index (κ1) is 18.2. The van der Waals surface area contributed by atoms with Crippen LogP contribution in [0.5, 0.6) is 0 Å². The molecule has 0 fully saturated rings. The highest BCUT2D eigenvalue weighted by molar-refractivity contribution is 5.87. The highest BCUT2D eigenvalue weighted by atomic mass is 16.2. The van der Waals surface area contributed by atoms with Gasteiger partial charge in [0, 0.05) is 19.5 Å². The van der Waals surface area contributed by atoms with Crippen LogP contribution in [0.15, 0.2) is 24.3 Å². The first-order chi connectivity index (χ1) is 10.5. The molecule has 0 aliphatic heterocycles. The average Bonchev–Trinajstić information content (AvgIpc) is 2.49. The van der Waals surface area contributed by atoms with Crippen molar-refractivity contribution >= 4 is 11.8 Å². The van der Waals surface area contributed by atoms with E-state index in [0.29, 0.717) is 25.9 Å². The number of likely N-dealkylation sites (N-methyl/N-ethyl adjacent to an activating group) is 1. The van der Waals surface area contributed by atoms with Crippen LogP contribution in [0.4, 0.5) is 0 Å². The van der Waals surface area contributed by atoms with Crippen LogP contribution in [-0.2, 0) is 16.1 Å². The molecule has 0 bridgehead atoms. The maximum atomic E-state index is 12.5. The zero-order valence-electron chi connectivity index (χ0n) is 14.2. The predicted molar refractivity (Wildman–Crippen MR) is 89.4 cm³/mol. The summed E-state index contributed by atoms with van der Waals surface area (Å²) in [6.45, 7) is 8.91. The number of carbonyl (C=O) groups excluding carboxylic acids is 2. The number of amides is 2. The Kier molecular flexibility index (Phi) is 7.64. The summed E-state index contributed by atoms with van der Waals surface area (Å²) < 4.78 is 0. The van der Waals surface area contributed by atoms with Crippen molar-refractivity contribution in [1.29, 1.82) is 0 Å². The second kappa shape index (κ2) is 9.23. The maximum absolute atomic E-state index is 12.5. The van der Waals surface area contributed by atoms with E-state index in [4.69, 9.17) is 0 Å². The second-order valence-electron chi connectivity index (χ2n) is 5.58. The van der Waals surface area contributed by atoms with Gasteiger partial charge in [-0.15, -0.1) is 0 Å². The first-order valence-corrected chi connectivity index (χ1v) is 8.16. The Morgan fingerprint density at radius 3 is 2.27 bits per heavy atom. The lowest BCUT2D eigenvalue weighted by Gasteiger charge is -2.30. The van der Waals surface area contributed by atoms with E-state index >= 15 is 0 Å². The Labute approximate surface area is 133 Å². The zero-order valence-corrected chi connectivity index (χ0v) is 14.2. The van der Waals surface area contributed by atoms with E-state index in [1.165, 1.54) is 5.56 Å². The second-order valence-corrected chi connectivity index (χ2v) is 5.58. The van der Waals surface area contributed by atoms with Gasteiger partial charge in [0.05, 0.1) is 0 Å². The SMILES string of the molecule is CCCC(=O)N(Cc1ccc(C)cc1)C(CC)C(=O)NCC. The van der Waals surface area contributed by atoms with Gasteiger partial charge in [0.25, 0.3) is 0 Å². The van der Waals surface area contributed by atoms with Crippen LogP contribution in [0, 0.1) is 6.92 Å². The number of aryl methyl sites for hydroxylation is 1. The Bertz CT molecular complexity index is 482. The summed E-state index contributed by atoms with van der Waals surface area (Å²) in [6.07, 6.45) is 1.88. The van der Waals surface area contributed by atoms with Crippen molar-refractivity contribution in [3.05, 3.63) is 35.4 Å². The highest BCUT2D eigenvalue weighted by Gasteiger charge is 2.27. The van der Waals surface area contributed by atoms with E-state index in [1.807, 2.05) is 52.0 Å². The fourth-order valence-electron chi connectivity index (χ4n) is 2.46. The van der Waals surface area contributed by atoms with Crippen molar-refractivity contribution in [2.45, 2.75) is 59.5 Å². The molecule has 0 aliphatic rings. The van der Waals surface area contributed by atoms with Crippen LogP contribution >= 0.6 is 0 Å². The fraction of sp³-hybridized carbons (Fsp3) is 0.556. The maximum Gasteiger partial charge on any atom is 0.242 e. The van der Waals surface area contributed by atoms with Gasteiger partial charge in [0.1, 0.15) is 6.04 Å². The number of nitrogens with one attached hydrogen (secondary N) is 1. The largest absolute Gasteiger partial charge is 0.355 e. The van der Waals surface area contributed by atoms with E-state index < -0.39 is 6.04 Å². The molecule has 0 aromatic heterocycles. The summed E-state index contributed by atoms with van der Waals surface area (Å²) in [6, 6.07) is 7.70. The molecule has 0 spiro atoms. The third kappa shape index (κ3) is 5.17. The van der Waals surface area contributed by atoms with Crippen molar-refractivity contribution in [2.75, 3.05) is 6.54 Å². The lowest BCUT2D eigenvalue weighted by atomic mass is 10.1. The normalized spacial score (nSPS) is 11.8. The highest BCUT2D eigenvalue weighted by Crippen LogP contribution is 2.14. The van der Waals surface area contributed by atoms with Gasteiger partial charge in [-0.1, -0.05) is 43.7 Å². The summed E-state index contributed by atoms with van der Waals surface area (Å²) in [4.78, 5) is 26.5. The van der Waals surface area contributed by atoms with Crippen LogP contribution in [0.1, 0.15) is 51.2 Å². The molecule has 1 N–H and O–H groups in total. The lowest BCUT2D eigenvalue weighted by molar-refractivity contribution is -0.141. The number of hydrogen-bond acceptors (Lipinski definition) is 2. The quantitative estimate of drug-likeness (QED) is 0.802. The molecule has 1 aromatic carbocycles. The molecule has 122 valence electrons. The van der Waals surface area contributed by atoms with Crippen LogP contribution in [0.2, 0.25) is 0 Å². The smallest absolute Gasteiger partial charge is 0.242 e. The molecule has 1 rings (SSSR count). The van der Waals surface area contributed by atoms with Gasteiger partial charge in [-0.3, -0.25) is 9.59 Å². The molecule has 0 aliphatic carbocycles. The molecule has 22 heavy (non-hydrogen) atoms. The zero-order chi connectivity index (χ0) is 16.5. The molecule has 0 saturated carbocycles. The van der Waals surface area contributed by atoms with E-state index in [1.54, 1.807) is 4.90 Å². The Morgan fingerprint density at radius 2 is 1.77 bits per heavy atom. The standard InChI is InChI=1S/C18H28N2O2/c1-5-8-17(21)20(16(6-2)18(22)19-7-3)13-15-11-9-14(4)10-12-15/h9-12,16H,5-8,13H2,1-4H3,(H,19,22). The van der Waals surface area contributed by atoms with Crippen LogP contribution in [0.3, 0.4) is 0 Å². The molecule has 1 aromatic rings. The minimum Gasteiger partial charge on any atom is -0.355 e. The van der Waals surface area contributed by atoms with Gasteiger partial charge < -0.3 is 10.2 Å². The molecule has 4 nitrogen and oxygen atoms in total. The van der Waals surface area contributed by atoms with E-state index in [2.05, 4.69) is 5.32 Å². The van der Waals surface area contributed by atoms with Crippen molar-refractivity contribution in [3.8, 4) is 0 Å². The first-order valence-electron chi connectivity index (χ1n) is 8.16. The monoisotopic (exact) mass is 304 g/mol. The molecular formula is C18H28N2O2. The molecule has 0 saturated heterocycles. The summed E-state index contributed by atoms with van der Waals surface area (Å²) in [5, 5.41) is 2.84. The summed E-state index contributed by atoms with van der Waals surface area (Å²) in [5.41, 5.74) is 2.24. The third-order valence-electron chi connectivity index (χ3n) is 3.67. The molecular weight excluding hydrogens is 276 g/mol. The van der Waals surface area contributed by atoms with Gasteiger partial charge in [0.15, 0.2) is 0 Å². The Balaban J connectivity index is 2.97. The lowest BCUT2D eigenvalue weighted by Crippen LogP contribution is -2.48. The minimum absolute atomic E-state index is 0.0428. The number of carbonyl (C=O) groups is 2. The topological polar surface area (TPSA) is 49.4 Å². The van der Waals surface area contributed by atoms with Gasteiger partial charge in [0.2, 0.25) is 11.8 Å². The molecule has 4 heteroatoms. The molecule has 1 atom stereocenters. The summed E-state index contributed by atoms with van der Waals surface area (Å²) in [7, 11) is 0. The van der Waals surface area contributed by atoms with E-state index in [-0.39, 0.29) is 11.8 Å². The predicted octanol–water partition coefficient (Wildman–Crippen LogP) is 3.04. The van der Waals surface area contributed by atoms with Crippen molar-refractivity contribution in [3.63, 3.8) is 0 Å². The molecule has 1 unspecified atom stereocenters. The minimum atomic E-state index is -0.402. The summed E-state index contributed by atoms with van der Waals surface area (Å²) in [5.74, 6) is -0.0252. The number of rotatable bonds is 8. The third-order valence-corrected chi connectivity index (χ3v) is 3.67. The number of benzene rings is 1. The Morgan fingerprint density at radius 1 is 1.14 bits per heavy atom. The van der Waals surface area contributed by atoms with Crippen molar-refractivity contribution in [1.82, 2.24) is 10.2 Å². The molecule has 0 radical (unpaired) electrons. The number of nitrogens with zero attached hydrogens (tertiary/aromatic N) is 1. The van der Waals surface area contributed by atoms with Gasteiger partial charge >= 0.3 is 0 Å². The van der Waals surface area contributed by atoms with Crippen molar-refractivity contribution < 1.29 is 9.59 Å². The molecule has 2 amide bonds. The van der Waals surface area contributed by atoms with Crippen LogP contribution in [0.25, 0.3) is 0 Å². The van der Waals surface area contributed by atoms with Gasteiger partial charge in [-0.25, -0.2) is 0 Å². The van der Waals surface area contributed by atoms with Crippen LogP contribution < -0.4 is 5.32 Å². The van der Waals surface area contributed by atoms with E-state index in [0.717, 1.165) is 12.0 Å². The summed E-state index contributed by atoms with van der Waals surface area (Å²) >= 11 is 0. The van der Waals surface area contributed by atoms with Crippen molar-refractivity contribution in [2.24, 2.45) is 0 Å². The Hall–Kier alpha value is -1.84.